The molecule has 5 nitrogen and oxygen atoms in total. The van der Waals surface area contributed by atoms with Crippen molar-refractivity contribution in [2.75, 3.05) is 10.6 Å². The lowest BCUT2D eigenvalue weighted by atomic mass is 9.53. The molecule has 31 heavy (non-hydrogen) atoms. The summed E-state index contributed by atoms with van der Waals surface area (Å²) in [5.41, 5.74) is 2.60. The number of aryl methyl sites for hydroxylation is 1. The molecule has 4 aliphatic carbocycles. The number of rotatable bonds is 5. The number of thiocarbonyl (C=S) groups is 1. The van der Waals surface area contributed by atoms with Crippen LogP contribution in [0.4, 0.5) is 11.4 Å². The van der Waals surface area contributed by atoms with E-state index in [9.17, 15) is 8.42 Å². The molecular formula is C24H29N3O2S2. The summed E-state index contributed by atoms with van der Waals surface area (Å²) in [6, 6.07) is 14.8. The zero-order valence-electron chi connectivity index (χ0n) is 17.7. The summed E-state index contributed by atoms with van der Waals surface area (Å²) in [6.45, 7) is 2.04. The minimum Gasteiger partial charge on any atom is -0.332 e. The van der Waals surface area contributed by atoms with Gasteiger partial charge in [-0.2, -0.15) is 0 Å². The summed E-state index contributed by atoms with van der Waals surface area (Å²) in [4.78, 5) is 0.311. The summed E-state index contributed by atoms with van der Waals surface area (Å²) < 4.78 is 29.4. The first-order valence-electron chi connectivity index (χ1n) is 11.1. The molecule has 0 spiro atoms. The zero-order valence-corrected chi connectivity index (χ0v) is 19.4. The van der Waals surface area contributed by atoms with Gasteiger partial charge in [0.05, 0.1) is 4.90 Å². The molecule has 4 saturated carbocycles. The maximum absolute atomic E-state index is 13.1. The maximum Gasteiger partial charge on any atom is 0.241 e. The van der Waals surface area contributed by atoms with Crippen LogP contribution < -0.4 is 15.4 Å². The van der Waals surface area contributed by atoms with Crippen molar-refractivity contribution in [3.8, 4) is 0 Å². The molecule has 0 unspecified atom stereocenters. The fourth-order valence-electron chi connectivity index (χ4n) is 6.23. The Morgan fingerprint density at radius 1 is 0.839 bits per heavy atom. The molecule has 0 saturated heterocycles. The summed E-state index contributed by atoms with van der Waals surface area (Å²) in [7, 11) is -3.55. The standard InChI is InChI=1S/C24H29N3O2S2/c1-16-2-4-20(5-3-16)25-23(30)26-21-6-8-22(9-7-21)31(28,29)27-24-13-17-10-18(14-24)12-19(11-17)15-24/h2-9,17-19,27H,10-15H2,1H3,(H2,25,26,30). The molecule has 0 amide bonds. The van der Waals surface area contributed by atoms with Crippen LogP contribution in [0, 0.1) is 24.7 Å². The van der Waals surface area contributed by atoms with E-state index < -0.39 is 10.0 Å². The largest absolute Gasteiger partial charge is 0.332 e. The minimum absolute atomic E-state index is 0.232. The van der Waals surface area contributed by atoms with Crippen LogP contribution in [0.2, 0.25) is 0 Å². The predicted octanol–water partition coefficient (Wildman–Crippen LogP) is 5.05. The SMILES string of the molecule is Cc1ccc(NC(=S)Nc2ccc(S(=O)(=O)NC34CC5CC(CC(C5)C3)C4)cc2)cc1. The Kier molecular flexibility index (Phi) is 5.31. The fraction of sp³-hybridized carbons (Fsp3) is 0.458. The molecule has 4 bridgehead atoms. The van der Waals surface area contributed by atoms with Crippen molar-refractivity contribution in [1.82, 2.24) is 4.72 Å². The van der Waals surface area contributed by atoms with Crippen LogP contribution in [0.25, 0.3) is 0 Å². The lowest BCUT2D eigenvalue weighted by molar-refractivity contribution is -0.00810. The Bertz CT molecular complexity index is 1040. The molecule has 0 heterocycles. The van der Waals surface area contributed by atoms with Crippen molar-refractivity contribution in [3.05, 3.63) is 54.1 Å². The molecule has 3 N–H and O–H groups in total. The Morgan fingerprint density at radius 2 is 1.29 bits per heavy atom. The van der Waals surface area contributed by atoms with Crippen LogP contribution in [0.15, 0.2) is 53.4 Å². The predicted molar refractivity (Wildman–Crippen MR) is 129 cm³/mol. The monoisotopic (exact) mass is 455 g/mol. The van der Waals surface area contributed by atoms with Gasteiger partial charge >= 0.3 is 0 Å². The van der Waals surface area contributed by atoms with Gasteiger partial charge in [0, 0.05) is 16.9 Å². The van der Waals surface area contributed by atoms with Crippen LogP contribution in [-0.2, 0) is 10.0 Å². The van der Waals surface area contributed by atoms with E-state index >= 15 is 0 Å². The first-order chi connectivity index (χ1) is 14.8. The summed E-state index contributed by atoms with van der Waals surface area (Å²) >= 11 is 5.38. The van der Waals surface area contributed by atoms with E-state index in [0.717, 1.165) is 30.6 Å². The number of hydrogen-bond acceptors (Lipinski definition) is 3. The average molecular weight is 456 g/mol. The van der Waals surface area contributed by atoms with Gasteiger partial charge in [-0.05, 0) is 112 Å². The molecule has 0 aromatic heterocycles. The first-order valence-corrected chi connectivity index (χ1v) is 13.0. The van der Waals surface area contributed by atoms with Crippen molar-refractivity contribution in [1.29, 1.82) is 0 Å². The van der Waals surface area contributed by atoms with E-state index in [0.29, 0.717) is 27.8 Å². The third-order valence-corrected chi connectivity index (χ3v) is 8.92. The number of sulfonamides is 1. The van der Waals surface area contributed by atoms with Crippen LogP contribution >= 0.6 is 12.2 Å². The molecule has 4 fully saturated rings. The van der Waals surface area contributed by atoms with E-state index in [-0.39, 0.29) is 5.54 Å². The minimum atomic E-state index is -3.55. The van der Waals surface area contributed by atoms with Gasteiger partial charge in [-0.25, -0.2) is 13.1 Å². The number of anilines is 2. The van der Waals surface area contributed by atoms with Crippen molar-refractivity contribution < 1.29 is 8.42 Å². The quantitative estimate of drug-likeness (QED) is 0.551. The first kappa shape index (κ1) is 20.9. The third kappa shape index (κ3) is 4.49. The second kappa shape index (κ2) is 7.87. The van der Waals surface area contributed by atoms with E-state index in [1.165, 1.54) is 24.8 Å². The van der Waals surface area contributed by atoms with E-state index in [1.54, 1.807) is 24.3 Å². The highest BCUT2D eigenvalue weighted by atomic mass is 32.2. The molecular weight excluding hydrogens is 426 g/mol. The Morgan fingerprint density at radius 3 is 1.77 bits per heavy atom. The Hall–Kier alpha value is -1.96. The molecule has 2 aromatic carbocycles. The molecule has 2 aromatic rings. The number of benzene rings is 2. The number of nitrogens with one attached hydrogen (secondary N) is 3. The molecule has 0 atom stereocenters. The maximum atomic E-state index is 13.1. The summed E-state index contributed by atoms with van der Waals surface area (Å²) in [6.07, 6.45) is 6.86. The third-order valence-electron chi connectivity index (χ3n) is 7.12. The molecule has 0 radical (unpaired) electrons. The van der Waals surface area contributed by atoms with E-state index in [4.69, 9.17) is 12.2 Å². The molecule has 6 rings (SSSR count). The normalized spacial score (nSPS) is 29.0. The van der Waals surface area contributed by atoms with E-state index in [1.807, 2.05) is 31.2 Å². The van der Waals surface area contributed by atoms with Crippen molar-refractivity contribution in [2.45, 2.75) is 55.9 Å². The number of hydrogen-bond donors (Lipinski definition) is 3. The lowest BCUT2D eigenvalue weighted by Gasteiger charge is -2.56. The Balaban J connectivity index is 1.24. The van der Waals surface area contributed by atoms with Gasteiger partial charge in [0.15, 0.2) is 5.11 Å². The topological polar surface area (TPSA) is 70.2 Å². The van der Waals surface area contributed by atoms with Gasteiger partial charge in [0.1, 0.15) is 0 Å². The van der Waals surface area contributed by atoms with Gasteiger partial charge in [0.2, 0.25) is 10.0 Å². The van der Waals surface area contributed by atoms with Crippen molar-refractivity contribution >= 4 is 38.7 Å². The van der Waals surface area contributed by atoms with Gasteiger partial charge in [-0.1, -0.05) is 17.7 Å². The van der Waals surface area contributed by atoms with Gasteiger partial charge in [-0.3, -0.25) is 0 Å². The molecule has 4 aliphatic rings. The summed E-state index contributed by atoms with van der Waals surface area (Å²) in [5.74, 6) is 2.09. The van der Waals surface area contributed by atoms with E-state index in [2.05, 4.69) is 15.4 Å². The summed E-state index contributed by atoms with van der Waals surface area (Å²) in [5, 5.41) is 6.72. The Labute approximate surface area is 190 Å². The molecule has 0 aliphatic heterocycles. The highest BCUT2D eigenvalue weighted by Gasteiger charge is 2.52. The van der Waals surface area contributed by atoms with Gasteiger partial charge < -0.3 is 10.6 Å². The van der Waals surface area contributed by atoms with Crippen LogP contribution in [0.5, 0.6) is 0 Å². The molecule has 164 valence electrons. The lowest BCUT2D eigenvalue weighted by Crippen LogP contribution is -2.59. The van der Waals surface area contributed by atoms with Crippen molar-refractivity contribution in [2.24, 2.45) is 17.8 Å². The van der Waals surface area contributed by atoms with Crippen LogP contribution in [0.3, 0.4) is 0 Å². The van der Waals surface area contributed by atoms with Crippen molar-refractivity contribution in [3.63, 3.8) is 0 Å². The van der Waals surface area contributed by atoms with Gasteiger partial charge in [-0.15, -0.1) is 0 Å². The van der Waals surface area contributed by atoms with Gasteiger partial charge in [0.25, 0.3) is 0 Å². The zero-order chi connectivity index (χ0) is 21.6. The average Bonchev–Trinajstić information content (AvgIpc) is 2.68. The second-order valence-corrected chi connectivity index (χ2v) is 11.9. The fourth-order valence-corrected chi connectivity index (χ4v) is 7.90. The highest BCUT2D eigenvalue weighted by molar-refractivity contribution is 7.89. The second-order valence-electron chi connectivity index (χ2n) is 9.77. The highest BCUT2D eigenvalue weighted by Crippen LogP contribution is 2.55. The van der Waals surface area contributed by atoms with Crippen LogP contribution in [-0.4, -0.2) is 19.1 Å². The van der Waals surface area contributed by atoms with Crippen LogP contribution in [0.1, 0.15) is 44.1 Å². The smallest absolute Gasteiger partial charge is 0.241 e. The molecule has 7 heteroatoms.